The maximum Gasteiger partial charge on any atom is 0.332 e. The minimum Gasteiger partial charge on any atom is -0.369 e. The molecule has 0 aliphatic heterocycles. The molecule has 0 radical (unpaired) electrons. The van der Waals surface area contributed by atoms with Gasteiger partial charge in [-0.05, 0) is 11.5 Å². The Labute approximate surface area is 99.3 Å². The van der Waals surface area contributed by atoms with E-state index in [1.807, 2.05) is 0 Å². The van der Waals surface area contributed by atoms with Crippen molar-refractivity contribution in [2.75, 3.05) is 0 Å². The van der Waals surface area contributed by atoms with Crippen molar-refractivity contribution in [3.63, 3.8) is 0 Å². The molecule has 0 unspecified atom stereocenters. The highest BCUT2D eigenvalue weighted by Gasteiger charge is 2.17. The summed E-state index contributed by atoms with van der Waals surface area (Å²) in [6.07, 6.45) is -0.0470. The van der Waals surface area contributed by atoms with Crippen LogP contribution in [0.3, 0.4) is 0 Å². The molecule has 2 aromatic rings. The number of fused-ring (bicyclic) bond motifs is 1. The molecule has 0 saturated carbocycles. The van der Waals surface area contributed by atoms with E-state index in [0.29, 0.717) is 15.9 Å². The van der Waals surface area contributed by atoms with E-state index >= 15 is 0 Å². The third kappa shape index (κ3) is 1.66. The van der Waals surface area contributed by atoms with Crippen molar-refractivity contribution >= 4 is 28.5 Å². The van der Waals surface area contributed by atoms with Gasteiger partial charge in [0.05, 0.1) is 11.8 Å². The molecule has 0 aromatic carbocycles. The lowest BCUT2D eigenvalue weighted by Crippen LogP contribution is -2.37. The molecule has 0 atom stereocenters. The number of carbonyl (C=O) groups excluding carboxylic acids is 1. The normalized spacial score (nSPS) is 10.9. The van der Waals surface area contributed by atoms with E-state index < -0.39 is 17.2 Å². The first-order chi connectivity index (χ1) is 7.93. The van der Waals surface area contributed by atoms with Gasteiger partial charge >= 0.3 is 5.69 Å². The van der Waals surface area contributed by atoms with Gasteiger partial charge in [-0.25, -0.2) is 4.79 Å². The van der Waals surface area contributed by atoms with Crippen molar-refractivity contribution in [2.24, 2.45) is 19.8 Å². The first-order valence-corrected chi connectivity index (χ1v) is 5.53. The second-order valence-corrected chi connectivity index (χ2v) is 4.51. The van der Waals surface area contributed by atoms with Crippen LogP contribution in [0.1, 0.15) is 4.88 Å². The number of hydrogen-bond donors (Lipinski definition) is 1. The SMILES string of the molecule is Cn1c(=O)c2c(CC(N)=O)snc2n(C)c1=O. The van der Waals surface area contributed by atoms with Crippen LogP contribution in [0.4, 0.5) is 0 Å². The van der Waals surface area contributed by atoms with E-state index in [-0.39, 0.29) is 6.42 Å². The Bertz CT molecular complexity index is 724. The third-order valence-electron chi connectivity index (χ3n) is 2.49. The number of nitrogens with two attached hydrogens (primary N) is 1. The molecule has 90 valence electrons. The van der Waals surface area contributed by atoms with Gasteiger partial charge in [-0.15, -0.1) is 0 Å². The summed E-state index contributed by atoms with van der Waals surface area (Å²) >= 11 is 1.01. The summed E-state index contributed by atoms with van der Waals surface area (Å²) in [6, 6.07) is 0. The quantitative estimate of drug-likeness (QED) is 0.721. The molecule has 7 nitrogen and oxygen atoms in total. The number of rotatable bonds is 2. The summed E-state index contributed by atoms with van der Waals surface area (Å²) in [4.78, 5) is 34.9. The molecule has 0 aliphatic rings. The fraction of sp³-hybridized carbons (Fsp3) is 0.333. The van der Waals surface area contributed by atoms with Gasteiger partial charge in [0.15, 0.2) is 5.65 Å². The summed E-state index contributed by atoms with van der Waals surface area (Å²) in [7, 11) is 2.91. The standard InChI is InChI=1S/C9H10N4O3S/c1-12-7-6(8(15)13(2)9(12)16)4(17-11-7)3-5(10)14/h3H2,1-2H3,(H2,10,14). The molecule has 2 heterocycles. The van der Waals surface area contributed by atoms with Gasteiger partial charge in [0, 0.05) is 19.0 Å². The molecule has 1 amide bonds. The molecule has 17 heavy (non-hydrogen) atoms. The molecular weight excluding hydrogens is 244 g/mol. The third-order valence-corrected chi connectivity index (χ3v) is 3.32. The molecule has 8 heteroatoms. The summed E-state index contributed by atoms with van der Waals surface area (Å²) in [6.45, 7) is 0. The topological polar surface area (TPSA) is 100.0 Å². The smallest absolute Gasteiger partial charge is 0.332 e. The van der Waals surface area contributed by atoms with Crippen LogP contribution in [0.25, 0.3) is 11.0 Å². The minimum absolute atomic E-state index is 0.0470. The minimum atomic E-state index is -0.536. The summed E-state index contributed by atoms with van der Waals surface area (Å²) in [5.74, 6) is -0.536. The lowest BCUT2D eigenvalue weighted by Gasteiger charge is -2.02. The lowest BCUT2D eigenvalue weighted by atomic mass is 10.2. The molecule has 0 saturated heterocycles. The van der Waals surface area contributed by atoms with Crippen LogP contribution >= 0.6 is 11.5 Å². The van der Waals surface area contributed by atoms with Crippen molar-refractivity contribution in [3.8, 4) is 0 Å². The zero-order chi connectivity index (χ0) is 12.7. The van der Waals surface area contributed by atoms with E-state index in [4.69, 9.17) is 5.73 Å². The number of aromatic nitrogens is 3. The van der Waals surface area contributed by atoms with Crippen molar-refractivity contribution < 1.29 is 4.79 Å². The second-order valence-electron chi connectivity index (χ2n) is 3.65. The van der Waals surface area contributed by atoms with E-state index in [1.54, 1.807) is 0 Å². The Morgan fingerprint density at radius 1 is 1.35 bits per heavy atom. The van der Waals surface area contributed by atoms with Crippen LogP contribution in [0.2, 0.25) is 0 Å². The highest BCUT2D eigenvalue weighted by molar-refractivity contribution is 7.07. The summed E-state index contributed by atoms with van der Waals surface area (Å²) in [5.41, 5.74) is 4.49. The average Bonchev–Trinajstić information content (AvgIpc) is 2.66. The lowest BCUT2D eigenvalue weighted by molar-refractivity contribution is -0.117. The molecule has 0 bridgehead atoms. The Morgan fingerprint density at radius 3 is 2.59 bits per heavy atom. The first-order valence-electron chi connectivity index (χ1n) is 4.76. The van der Waals surface area contributed by atoms with Crippen LogP contribution in [0, 0.1) is 0 Å². The zero-order valence-corrected chi connectivity index (χ0v) is 10.1. The fourth-order valence-corrected chi connectivity index (χ4v) is 2.49. The highest BCUT2D eigenvalue weighted by atomic mass is 32.1. The number of carbonyl (C=O) groups is 1. The number of primary amides is 1. The van der Waals surface area contributed by atoms with Gasteiger partial charge in [-0.1, -0.05) is 0 Å². The summed E-state index contributed by atoms with van der Waals surface area (Å²) < 4.78 is 6.28. The molecule has 2 rings (SSSR count). The Hall–Kier alpha value is -1.96. The molecule has 0 aliphatic carbocycles. The Balaban J connectivity index is 2.90. The van der Waals surface area contributed by atoms with Gasteiger partial charge in [0.25, 0.3) is 5.56 Å². The van der Waals surface area contributed by atoms with Crippen LogP contribution in [0.15, 0.2) is 9.59 Å². The van der Waals surface area contributed by atoms with Crippen LogP contribution in [-0.4, -0.2) is 19.4 Å². The van der Waals surface area contributed by atoms with Crippen molar-refractivity contribution in [1.82, 2.24) is 13.5 Å². The van der Waals surface area contributed by atoms with Gasteiger partial charge < -0.3 is 5.73 Å². The molecule has 0 fully saturated rings. The molecule has 2 aromatic heterocycles. The predicted octanol–water partition coefficient (Wildman–Crippen LogP) is -1.28. The zero-order valence-electron chi connectivity index (χ0n) is 9.26. The maximum absolute atomic E-state index is 11.9. The van der Waals surface area contributed by atoms with Crippen molar-refractivity contribution in [2.45, 2.75) is 6.42 Å². The van der Waals surface area contributed by atoms with Crippen molar-refractivity contribution in [1.29, 1.82) is 0 Å². The predicted molar refractivity (Wildman–Crippen MR) is 63.0 cm³/mol. The second kappa shape index (κ2) is 3.81. The van der Waals surface area contributed by atoms with E-state index in [1.165, 1.54) is 18.7 Å². The van der Waals surface area contributed by atoms with Crippen LogP contribution in [0.5, 0.6) is 0 Å². The Kier molecular flexibility index (Phi) is 2.58. The molecule has 0 spiro atoms. The number of aryl methyl sites for hydroxylation is 1. The average molecular weight is 254 g/mol. The number of amides is 1. The van der Waals surface area contributed by atoms with Gasteiger partial charge in [-0.3, -0.25) is 18.7 Å². The van der Waals surface area contributed by atoms with Crippen molar-refractivity contribution in [3.05, 3.63) is 25.7 Å². The Morgan fingerprint density at radius 2 is 2.00 bits per heavy atom. The first kappa shape index (κ1) is 11.5. The van der Waals surface area contributed by atoms with Gasteiger partial charge in [0.2, 0.25) is 5.91 Å². The van der Waals surface area contributed by atoms with Gasteiger partial charge in [0.1, 0.15) is 0 Å². The van der Waals surface area contributed by atoms with Crippen LogP contribution in [-0.2, 0) is 25.3 Å². The maximum atomic E-state index is 11.9. The fourth-order valence-electron chi connectivity index (χ4n) is 1.61. The number of hydrogen-bond acceptors (Lipinski definition) is 5. The summed E-state index contributed by atoms with van der Waals surface area (Å²) in [5, 5.41) is 0.290. The van der Waals surface area contributed by atoms with E-state index in [9.17, 15) is 14.4 Å². The van der Waals surface area contributed by atoms with Gasteiger partial charge in [-0.2, -0.15) is 4.37 Å². The monoisotopic (exact) mass is 254 g/mol. The molecule has 2 N–H and O–H groups in total. The number of nitrogens with zero attached hydrogens (tertiary/aromatic N) is 3. The van der Waals surface area contributed by atoms with Crippen LogP contribution < -0.4 is 17.0 Å². The van der Waals surface area contributed by atoms with E-state index in [0.717, 1.165) is 16.1 Å². The largest absolute Gasteiger partial charge is 0.369 e. The van der Waals surface area contributed by atoms with E-state index in [2.05, 4.69) is 4.37 Å². The molecular formula is C9H10N4O3S. The highest BCUT2D eigenvalue weighted by Crippen LogP contribution is 2.17.